The van der Waals surface area contributed by atoms with Crippen LogP contribution in [-0.4, -0.2) is 72.2 Å². The number of amides is 2. The summed E-state index contributed by atoms with van der Waals surface area (Å²) in [5.41, 5.74) is -0.147. The zero-order valence-corrected chi connectivity index (χ0v) is 30.1. The number of benzene rings is 2. The molecule has 50 heavy (non-hydrogen) atoms. The molecule has 2 aliphatic rings. The Labute approximate surface area is 292 Å². The van der Waals surface area contributed by atoms with Gasteiger partial charge in [0.05, 0.1) is 0 Å². The maximum Gasteiger partial charge on any atom is 0.408 e. The first-order chi connectivity index (χ1) is 23.2. The highest BCUT2D eigenvalue weighted by Crippen LogP contribution is 2.49. The molecule has 0 saturated heterocycles. The van der Waals surface area contributed by atoms with Gasteiger partial charge in [-0.1, -0.05) is 62.4 Å². The lowest BCUT2D eigenvalue weighted by molar-refractivity contribution is -0.147. The topological polar surface area (TPSA) is 163 Å². The molecule has 2 aliphatic carbocycles. The summed E-state index contributed by atoms with van der Waals surface area (Å²) in [6.45, 7) is 13.1. The average molecular weight is 693 g/mol. The Kier molecular flexibility index (Phi) is 11.1. The number of ketones is 2. The van der Waals surface area contributed by atoms with E-state index < -0.39 is 83.0 Å². The van der Waals surface area contributed by atoms with Gasteiger partial charge in [-0.25, -0.2) is 19.2 Å². The number of ether oxygens (including phenoxy) is 4. The number of carbonyl (C=O) groups is 6. The molecule has 2 saturated carbocycles. The standard InChI is InChI=1S/C38H48N2O10/c1-35(2,3)49-33(45)39-29(37(7)17-18-37)31(43)47-21-27(41)25-13-9-23(10-14-25)24-11-15-26(16-12-24)28(42)22-48-32(44)30(38(8)19-20-38)40-34(46)50-36(4,5)6/h9-16,29-30H,17-22H2,1-8H3,(H,39,45)(H,40,46)/t29-,30?/m1/s1. The van der Waals surface area contributed by atoms with Crippen molar-refractivity contribution in [2.75, 3.05) is 13.2 Å². The Bertz CT molecular complexity index is 1490. The molecule has 2 aromatic carbocycles. The van der Waals surface area contributed by atoms with E-state index in [2.05, 4.69) is 10.6 Å². The third kappa shape index (κ3) is 10.6. The lowest BCUT2D eigenvalue weighted by Gasteiger charge is -2.26. The van der Waals surface area contributed by atoms with Crippen molar-refractivity contribution in [2.45, 2.75) is 104 Å². The van der Waals surface area contributed by atoms with Crippen molar-refractivity contribution in [3.05, 3.63) is 59.7 Å². The van der Waals surface area contributed by atoms with Crippen LogP contribution in [-0.2, 0) is 28.5 Å². The van der Waals surface area contributed by atoms with Gasteiger partial charge in [-0.15, -0.1) is 0 Å². The van der Waals surface area contributed by atoms with Crippen molar-refractivity contribution in [3.8, 4) is 11.1 Å². The fourth-order valence-corrected chi connectivity index (χ4v) is 5.16. The zero-order chi connectivity index (χ0) is 37.1. The fraction of sp³-hybridized carbons (Fsp3) is 0.526. The molecular formula is C38H48N2O10. The van der Waals surface area contributed by atoms with Gasteiger partial charge in [0.2, 0.25) is 0 Å². The Hall–Kier alpha value is -4.74. The van der Waals surface area contributed by atoms with Crippen LogP contribution in [0.25, 0.3) is 11.1 Å². The fourth-order valence-electron chi connectivity index (χ4n) is 5.16. The van der Waals surface area contributed by atoms with Crippen molar-refractivity contribution in [1.82, 2.24) is 10.6 Å². The zero-order valence-electron chi connectivity index (χ0n) is 30.1. The smallest absolute Gasteiger partial charge is 0.408 e. The molecule has 0 aromatic heterocycles. The van der Waals surface area contributed by atoms with E-state index in [0.717, 1.165) is 36.8 Å². The van der Waals surface area contributed by atoms with Crippen molar-refractivity contribution in [1.29, 1.82) is 0 Å². The highest BCUT2D eigenvalue weighted by Gasteiger charge is 2.51. The van der Waals surface area contributed by atoms with Crippen molar-refractivity contribution >= 4 is 35.7 Å². The molecule has 0 aliphatic heterocycles. The maximum atomic E-state index is 12.9. The van der Waals surface area contributed by atoms with Gasteiger partial charge in [0, 0.05) is 11.1 Å². The third-order valence-corrected chi connectivity index (χ3v) is 8.70. The first-order valence-electron chi connectivity index (χ1n) is 16.8. The summed E-state index contributed by atoms with van der Waals surface area (Å²) in [4.78, 5) is 76.1. The van der Waals surface area contributed by atoms with E-state index in [9.17, 15) is 28.8 Å². The number of Topliss-reactive ketones (excluding diaryl/α,β-unsaturated/α-hetero) is 2. The largest absolute Gasteiger partial charge is 0.456 e. The number of esters is 2. The van der Waals surface area contributed by atoms with Crippen LogP contribution >= 0.6 is 0 Å². The van der Waals surface area contributed by atoms with E-state index >= 15 is 0 Å². The lowest BCUT2D eigenvalue weighted by Crippen LogP contribution is -2.49. The third-order valence-electron chi connectivity index (χ3n) is 8.70. The first kappa shape index (κ1) is 38.1. The molecule has 0 radical (unpaired) electrons. The van der Waals surface area contributed by atoms with E-state index in [1.807, 2.05) is 13.8 Å². The van der Waals surface area contributed by atoms with Crippen LogP contribution in [0, 0.1) is 10.8 Å². The summed E-state index contributed by atoms with van der Waals surface area (Å²) in [5, 5.41) is 5.21. The molecular weight excluding hydrogens is 644 g/mol. The molecule has 1 unspecified atom stereocenters. The number of alkyl carbamates (subject to hydrolysis) is 2. The minimum Gasteiger partial charge on any atom is -0.456 e. The number of hydrogen-bond acceptors (Lipinski definition) is 10. The summed E-state index contributed by atoms with van der Waals surface area (Å²) >= 11 is 0. The van der Waals surface area contributed by atoms with E-state index in [4.69, 9.17) is 18.9 Å². The predicted molar refractivity (Wildman–Crippen MR) is 183 cm³/mol. The monoisotopic (exact) mass is 692 g/mol. The first-order valence-corrected chi connectivity index (χ1v) is 16.8. The molecule has 0 heterocycles. The number of hydrogen-bond donors (Lipinski definition) is 2. The highest BCUT2D eigenvalue weighted by atomic mass is 16.6. The van der Waals surface area contributed by atoms with Crippen LogP contribution in [0.1, 0.15) is 102 Å². The average Bonchev–Trinajstić information content (AvgIpc) is 3.96. The minimum absolute atomic E-state index is 0.337. The Morgan fingerprint density at radius 2 is 0.880 bits per heavy atom. The molecule has 2 N–H and O–H groups in total. The number of nitrogens with one attached hydrogen (secondary N) is 2. The van der Waals surface area contributed by atoms with Crippen molar-refractivity contribution in [3.63, 3.8) is 0 Å². The van der Waals surface area contributed by atoms with Crippen LogP contribution in [0.4, 0.5) is 9.59 Å². The molecule has 12 heteroatoms. The Balaban J connectivity index is 1.28. The Morgan fingerprint density at radius 3 is 1.14 bits per heavy atom. The molecule has 0 bridgehead atoms. The Morgan fingerprint density at radius 1 is 0.580 bits per heavy atom. The summed E-state index contributed by atoms with van der Waals surface area (Å²) in [6, 6.07) is 11.6. The van der Waals surface area contributed by atoms with E-state index in [0.29, 0.717) is 11.1 Å². The normalized spacial score (nSPS) is 16.9. The van der Waals surface area contributed by atoms with Gasteiger partial charge < -0.3 is 29.6 Å². The van der Waals surface area contributed by atoms with Crippen LogP contribution < -0.4 is 10.6 Å². The SMILES string of the molecule is CC(C)(C)OC(=O)NC(C(=O)OCC(=O)c1ccc(-c2ccc(C(=O)COC(=O)[C@@H](NC(=O)OC(C)(C)C)C3(C)CC3)cc2)cc1)C1(C)CC1. The van der Waals surface area contributed by atoms with Gasteiger partial charge in [-0.3, -0.25) is 9.59 Å². The molecule has 270 valence electrons. The van der Waals surface area contributed by atoms with Gasteiger partial charge in [-0.2, -0.15) is 0 Å². The maximum absolute atomic E-state index is 12.9. The van der Waals surface area contributed by atoms with Crippen LogP contribution in [0.15, 0.2) is 48.5 Å². The van der Waals surface area contributed by atoms with Crippen molar-refractivity contribution < 1.29 is 47.7 Å². The van der Waals surface area contributed by atoms with Crippen LogP contribution in [0.2, 0.25) is 0 Å². The van der Waals surface area contributed by atoms with Gasteiger partial charge in [0.1, 0.15) is 23.3 Å². The van der Waals surface area contributed by atoms with Gasteiger partial charge >= 0.3 is 24.1 Å². The molecule has 2 fully saturated rings. The van der Waals surface area contributed by atoms with Crippen LogP contribution in [0.5, 0.6) is 0 Å². The molecule has 2 amide bonds. The highest BCUT2D eigenvalue weighted by molar-refractivity contribution is 6.00. The number of rotatable bonds is 13. The molecule has 12 nitrogen and oxygen atoms in total. The minimum atomic E-state index is -0.932. The van der Waals surface area contributed by atoms with E-state index in [1.54, 1.807) is 90.1 Å². The van der Waals surface area contributed by atoms with Gasteiger partial charge in [0.15, 0.2) is 24.8 Å². The summed E-state index contributed by atoms with van der Waals surface area (Å²) in [5.74, 6) is -2.20. The molecule has 4 rings (SSSR count). The lowest BCUT2D eigenvalue weighted by atomic mass is 9.99. The predicted octanol–water partition coefficient (Wildman–Crippen LogP) is 6.19. The van der Waals surface area contributed by atoms with E-state index in [1.165, 1.54) is 0 Å². The van der Waals surface area contributed by atoms with Gasteiger partial charge in [0.25, 0.3) is 0 Å². The summed E-state index contributed by atoms with van der Waals surface area (Å²) in [6.07, 6.45) is 1.48. The molecule has 0 spiro atoms. The van der Waals surface area contributed by atoms with Crippen LogP contribution in [0.3, 0.4) is 0 Å². The van der Waals surface area contributed by atoms with Gasteiger partial charge in [-0.05, 0) is 89.2 Å². The second kappa shape index (κ2) is 14.6. The molecule has 2 atom stereocenters. The second-order valence-electron chi connectivity index (χ2n) is 15.7. The molecule has 2 aromatic rings. The quantitative estimate of drug-likeness (QED) is 0.141. The van der Waals surface area contributed by atoms with Crippen molar-refractivity contribution in [2.24, 2.45) is 10.8 Å². The summed E-state index contributed by atoms with van der Waals surface area (Å²) in [7, 11) is 0. The second-order valence-corrected chi connectivity index (χ2v) is 15.7. The summed E-state index contributed by atoms with van der Waals surface area (Å²) < 4.78 is 21.2. The van der Waals surface area contributed by atoms with E-state index in [-0.39, 0.29) is 0 Å². The number of carbonyl (C=O) groups excluding carboxylic acids is 6.